The molecule has 1 aliphatic heterocycles. The van der Waals surface area contributed by atoms with Crippen molar-refractivity contribution < 1.29 is 53.7 Å². The monoisotopic (exact) mass is 607 g/mol. The van der Waals surface area contributed by atoms with Crippen molar-refractivity contribution in [2.45, 2.75) is 50.0 Å². The zero-order valence-electron chi connectivity index (χ0n) is 19.7. The fraction of sp³-hybridized carbons (Fsp3) is 0.435. The van der Waals surface area contributed by atoms with Crippen LogP contribution >= 0.6 is 0 Å². The van der Waals surface area contributed by atoms with Gasteiger partial charge in [-0.2, -0.15) is 0 Å². The van der Waals surface area contributed by atoms with Gasteiger partial charge >= 0.3 is 189 Å². The van der Waals surface area contributed by atoms with Gasteiger partial charge in [0.1, 0.15) is 5.75 Å². The number of halogens is 4. The molecular formula is C23H27F3IN4O4-. The van der Waals surface area contributed by atoms with Gasteiger partial charge in [0.15, 0.2) is 0 Å². The quantitative estimate of drug-likeness (QED) is 0.295. The second-order valence-corrected chi connectivity index (χ2v) is 11.9. The predicted molar refractivity (Wildman–Crippen MR) is 120 cm³/mol. The van der Waals surface area contributed by atoms with Crippen molar-refractivity contribution in [1.29, 1.82) is 0 Å². The van der Waals surface area contributed by atoms with E-state index >= 15 is 0 Å². The summed E-state index contributed by atoms with van der Waals surface area (Å²) in [5.41, 5.74) is 0.951. The van der Waals surface area contributed by atoms with Crippen LogP contribution in [0.3, 0.4) is 0 Å². The molecule has 0 spiro atoms. The van der Waals surface area contributed by atoms with Crippen LogP contribution in [0.4, 0.5) is 29.5 Å². The molecule has 12 heteroatoms. The molecule has 2 N–H and O–H groups in total. The Morgan fingerprint density at radius 3 is 2.46 bits per heavy atom. The number of rotatable bonds is 6. The Kier molecular flexibility index (Phi) is 8.34. The zero-order chi connectivity index (χ0) is 25.8. The average molecular weight is 607 g/mol. The number of aromatic nitrogens is 1. The maximum absolute atomic E-state index is 12.6. The number of carbonyl (C=O) groups excluding carboxylic acids is 2. The van der Waals surface area contributed by atoms with E-state index in [-0.39, 0.29) is 5.75 Å². The number of pyridine rings is 1. The third-order valence-corrected chi connectivity index (χ3v) is 7.42. The van der Waals surface area contributed by atoms with Crippen LogP contribution in [0, 0.1) is 6.92 Å². The third-order valence-electron chi connectivity index (χ3n) is 4.77. The summed E-state index contributed by atoms with van der Waals surface area (Å²) in [5, 5.41) is 2.64. The van der Waals surface area contributed by atoms with Crippen molar-refractivity contribution in [1.82, 2.24) is 8.51 Å². The Morgan fingerprint density at radius 2 is 1.86 bits per heavy atom. The third kappa shape index (κ3) is 8.44. The van der Waals surface area contributed by atoms with Crippen LogP contribution in [0.5, 0.6) is 5.75 Å². The Labute approximate surface area is 212 Å². The zero-order valence-corrected chi connectivity index (χ0v) is 21.9. The fourth-order valence-electron chi connectivity index (χ4n) is 3.38. The Morgan fingerprint density at radius 1 is 1.17 bits per heavy atom. The van der Waals surface area contributed by atoms with Crippen molar-refractivity contribution in [2.24, 2.45) is 0 Å². The van der Waals surface area contributed by atoms with Crippen LogP contribution in [-0.2, 0) is 4.74 Å². The summed E-state index contributed by atoms with van der Waals surface area (Å²) in [7, 11) is 0. The van der Waals surface area contributed by atoms with Gasteiger partial charge in [-0.05, 0) is 0 Å². The molecule has 3 rings (SSSR count). The van der Waals surface area contributed by atoms with E-state index < -0.39 is 45.4 Å². The summed E-state index contributed by atoms with van der Waals surface area (Å²) in [6.07, 6.45) is -2.77. The molecule has 0 unspecified atom stereocenters. The van der Waals surface area contributed by atoms with E-state index in [2.05, 4.69) is 23.5 Å². The second-order valence-electron chi connectivity index (χ2n) is 8.93. The summed E-state index contributed by atoms with van der Waals surface area (Å²) < 4.78 is 49.2. The molecule has 1 fully saturated rings. The second kappa shape index (κ2) is 10.9. The van der Waals surface area contributed by atoms with Gasteiger partial charge in [0.25, 0.3) is 0 Å². The van der Waals surface area contributed by atoms with Gasteiger partial charge in [-0.3, -0.25) is 0 Å². The van der Waals surface area contributed by atoms with E-state index in [4.69, 9.17) is 4.74 Å². The molecule has 0 aliphatic carbocycles. The molecular weight excluding hydrogens is 580 g/mol. The molecule has 1 saturated heterocycles. The van der Waals surface area contributed by atoms with Gasteiger partial charge in [-0.15, -0.1) is 13.2 Å². The van der Waals surface area contributed by atoms with Crippen LogP contribution in [0.25, 0.3) is 0 Å². The van der Waals surface area contributed by atoms with Crippen molar-refractivity contribution in [3.8, 4) is 5.75 Å². The van der Waals surface area contributed by atoms with Gasteiger partial charge < -0.3 is 4.74 Å². The van der Waals surface area contributed by atoms with Gasteiger partial charge in [0.05, 0.1) is 0 Å². The van der Waals surface area contributed by atoms with E-state index in [1.165, 1.54) is 18.3 Å². The number of nitrogens with zero attached hydrogens (tertiary/aromatic N) is 2. The SMILES string of the molecule is Cc1cc(C(=O)Nc2ccc(OC(F)(F)F)cc2)cnc1N1CC[C@@H]([I-]NC(=O)OC(C)(C)C)C1. The van der Waals surface area contributed by atoms with Crippen molar-refractivity contribution in [3.63, 3.8) is 0 Å². The summed E-state index contributed by atoms with van der Waals surface area (Å²) in [6.45, 7) is 8.89. The van der Waals surface area contributed by atoms with Crippen LogP contribution in [-0.4, -0.2) is 46.0 Å². The molecule has 192 valence electrons. The number of ether oxygens (including phenoxy) is 2. The van der Waals surface area contributed by atoms with E-state index in [1.54, 1.807) is 6.07 Å². The standard InChI is InChI=1S/C23H27F3IN4O4/c1-14-11-15(20(32)29-17-5-7-18(8-6-17)34-23(24,25)26)12-28-19(14)31-10-9-16(13-31)27-30-21(33)35-22(2,3)4/h5-8,11-12,16H,9-10,13H2,1-4H3,(H,29,32)(H,30,33)/q-1/t16-/m1/s1. The molecule has 2 aromatic rings. The number of hydrogen-bond acceptors (Lipinski definition) is 6. The van der Waals surface area contributed by atoms with Gasteiger partial charge in [-0.25, -0.2) is 0 Å². The minimum atomic E-state index is -4.78. The molecule has 2 amide bonds. The Balaban J connectivity index is 1.55. The van der Waals surface area contributed by atoms with Crippen LogP contribution in [0.15, 0.2) is 36.5 Å². The summed E-state index contributed by atoms with van der Waals surface area (Å²) in [4.78, 5) is 31.1. The number of anilines is 2. The topological polar surface area (TPSA) is 92.8 Å². The number of carbonyl (C=O) groups is 2. The van der Waals surface area contributed by atoms with E-state index in [0.717, 1.165) is 43.0 Å². The minimum absolute atomic E-state index is 0.329. The Bertz CT molecular complexity index is 1060. The average Bonchev–Trinajstić information content (AvgIpc) is 3.20. The summed E-state index contributed by atoms with van der Waals surface area (Å²) in [5.74, 6) is -0.0210. The number of alkyl halides is 4. The predicted octanol–water partition coefficient (Wildman–Crippen LogP) is 1.65. The molecule has 1 aromatic carbocycles. The van der Waals surface area contributed by atoms with Crippen molar-refractivity contribution in [2.75, 3.05) is 23.3 Å². The van der Waals surface area contributed by atoms with Crippen LogP contribution in [0.1, 0.15) is 43.1 Å². The van der Waals surface area contributed by atoms with Gasteiger partial charge in [0, 0.05) is 0 Å². The molecule has 0 saturated carbocycles. The van der Waals surface area contributed by atoms with Gasteiger partial charge in [0.2, 0.25) is 0 Å². The van der Waals surface area contributed by atoms with Crippen molar-refractivity contribution in [3.05, 3.63) is 47.7 Å². The van der Waals surface area contributed by atoms with E-state index in [0.29, 0.717) is 15.2 Å². The first-order valence-electron chi connectivity index (χ1n) is 10.8. The molecule has 1 atom stereocenters. The fourth-order valence-corrected chi connectivity index (χ4v) is 5.45. The number of benzene rings is 1. The maximum atomic E-state index is 12.6. The Hall–Kier alpha value is -2.77. The molecule has 0 radical (unpaired) electrons. The van der Waals surface area contributed by atoms with Crippen LogP contribution < -0.4 is 40.0 Å². The van der Waals surface area contributed by atoms with Crippen molar-refractivity contribution >= 4 is 23.5 Å². The van der Waals surface area contributed by atoms with Crippen LogP contribution in [0.2, 0.25) is 0 Å². The number of hydrogen-bond donors (Lipinski definition) is 2. The molecule has 35 heavy (non-hydrogen) atoms. The first kappa shape index (κ1) is 26.8. The normalized spacial score (nSPS) is 16.2. The number of nitrogens with one attached hydrogen (secondary N) is 2. The number of amides is 2. The molecule has 2 heterocycles. The number of aryl methyl sites for hydroxylation is 1. The first-order chi connectivity index (χ1) is 16.3. The molecule has 0 bridgehead atoms. The molecule has 8 nitrogen and oxygen atoms in total. The summed E-state index contributed by atoms with van der Waals surface area (Å²) in [6, 6.07) is 6.62. The molecule has 1 aromatic heterocycles. The first-order valence-corrected chi connectivity index (χ1v) is 13.1. The van der Waals surface area contributed by atoms with E-state index in [1.807, 2.05) is 27.7 Å². The van der Waals surface area contributed by atoms with E-state index in [9.17, 15) is 22.8 Å². The molecule has 1 aliphatic rings. The van der Waals surface area contributed by atoms with Gasteiger partial charge in [-0.1, -0.05) is 0 Å². The summed E-state index contributed by atoms with van der Waals surface area (Å²) >= 11 is -0.589.